The zero-order chi connectivity index (χ0) is 16.5. The van der Waals surface area contributed by atoms with E-state index in [1.54, 1.807) is 11.3 Å². The predicted molar refractivity (Wildman–Crippen MR) is 101 cm³/mol. The van der Waals surface area contributed by atoms with Gasteiger partial charge in [-0.25, -0.2) is 15.8 Å². The van der Waals surface area contributed by atoms with Gasteiger partial charge >= 0.3 is 0 Å². The number of nitrogens with two attached hydrogens (primary N) is 1. The molecule has 0 spiro atoms. The molecule has 124 valence electrons. The lowest BCUT2D eigenvalue weighted by Gasteiger charge is -2.26. The largest absolute Gasteiger partial charge is 0.308 e. The lowest BCUT2D eigenvalue weighted by molar-refractivity contribution is 0.249. The van der Waals surface area contributed by atoms with E-state index in [1.807, 2.05) is 6.26 Å². The van der Waals surface area contributed by atoms with Gasteiger partial charge in [-0.1, -0.05) is 42.1 Å². The standard InChI is InChI=1S/C17H19N5S2/c1-23-17-19-15(21-18)14-12-7-8-22(9-11-5-3-2-4-6-11)10-13(12)24-16(14)20-17/h2-6H,7-10,18H2,1H3,(H,19,20,21). The highest BCUT2D eigenvalue weighted by atomic mass is 32.2. The van der Waals surface area contributed by atoms with Gasteiger partial charge in [0.2, 0.25) is 0 Å². The number of hydrogen-bond donors (Lipinski definition) is 2. The third-order valence-electron chi connectivity index (χ3n) is 4.33. The normalized spacial score (nSPS) is 14.8. The summed E-state index contributed by atoms with van der Waals surface area (Å²) in [5, 5.41) is 1.87. The van der Waals surface area contributed by atoms with Crippen LogP contribution in [0.3, 0.4) is 0 Å². The molecule has 0 atom stereocenters. The van der Waals surface area contributed by atoms with Crippen LogP contribution < -0.4 is 11.3 Å². The van der Waals surface area contributed by atoms with E-state index in [9.17, 15) is 0 Å². The molecule has 24 heavy (non-hydrogen) atoms. The number of nitrogens with one attached hydrogen (secondary N) is 1. The Morgan fingerprint density at radius 3 is 2.88 bits per heavy atom. The molecule has 7 heteroatoms. The summed E-state index contributed by atoms with van der Waals surface area (Å²) in [6.45, 7) is 2.99. The molecule has 3 heterocycles. The fraction of sp³-hybridized carbons (Fsp3) is 0.294. The van der Waals surface area contributed by atoms with Crippen LogP contribution in [-0.2, 0) is 19.5 Å². The molecule has 3 N–H and O–H groups in total. The molecule has 0 fully saturated rings. The second-order valence-electron chi connectivity index (χ2n) is 5.83. The van der Waals surface area contributed by atoms with Crippen molar-refractivity contribution in [3.05, 3.63) is 46.3 Å². The van der Waals surface area contributed by atoms with Crippen LogP contribution in [0.5, 0.6) is 0 Å². The lowest BCUT2D eigenvalue weighted by atomic mass is 10.0. The zero-order valence-electron chi connectivity index (χ0n) is 13.5. The third-order valence-corrected chi connectivity index (χ3v) is 5.99. The number of nitrogens with zero attached hydrogens (tertiary/aromatic N) is 3. The van der Waals surface area contributed by atoms with E-state index in [1.165, 1.54) is 27.8 Å². The molecule has 0 unspecified atom stereocenters. The topological polar surface area (TPSA) is 67.1 Å². The van der Waals surface area contributed by atoms with Crippen LogP contribution in [0.1, 0.15) is 16.0 Å². The molecule has 4 rings (SSSR count). The van der Waals surface area contributed by atoms with Crippen LogP contribution in [0.15, 0.2) is 35.5 Å². The van der Waals surface area contributed by atoms with Crippen molar-refractivity contribution in [3.63, 3.8) is 0 Å². The first kappa shape index (κ1) is 15.8. The van der Waals surface area contributed by atoms with Crippen LogP contribution in [0.25, 0.3) is 10.2 Å². The molecule has 0 saturated carbocycles. The van der Waals surface area contributed by atoms with Gasteiger partial charge in [0.15, 0.2) is 11.0 Å². The molecular formula is C17H19N5S2. The Morgan fingerprint density at radius 1 is 1.29 bits per heavy atom. The number of rotatable bonds is 4. The molecule has 0 bridgehead atoms. The Morgan fingerprint density at radius 2 is 2.12 bits per heavy atom. The maximum absolute atomic E-state index is 5.71. The van der Waals surface area contributed by atoms with E-state index in [2.05, 4.69) is 50.6 Å². The first-order valence-corrected chi connectivity index (χ1v) is 9.91. The van der Waals surface area contributed by atoms with E-state index in [4.69, 9.17) is 5.84 Å². The number of fused-ring (bicyclic) bond motifs is 3. The van der Waals surface area contributed by atoms with E-state index < -0.39 is 0 Å². The van der Waals surface area contributed by atoms with Crippen molar-refractivity contribution >= 4 is 39.1 Å². The summed E-state index contributed by atoms with van der Waals surface area (Å²) in [4.78, 5) is 14.1. The molecule has 5 nitrogen and oxygen atoms in total. The van der Waals surface area contributed by atoms with E-state index >= 15 is 0 Å². The molecular weight excluding hydrogens is 338 g/mol. The number of thiophene rings is 1. The van der Waals surface area contributed by atoms with Crippen LogP contribution in [-0.4, -0.2) is 27.7 Å². The number of benzene rings is 1. The maximum Gasteiger partial charge on any atom is 0.190 e. The van der Waals surface area contributed by atoms with Gasteiger partial charge in [-0.2, -0.15) is 0 Å². The van der Waals surface area contributed by atoms with Crippen molar-refractivity contribution in [1.29, 1.82) is 0 Å². The summed E-state index contributed by atoms with van der Waals surface area (Å²) in [7, 11) is 0. The summed E-state index contributed by atoms with van der Waals surface area (Å²) in [5.74, 6) is 6.45. The Labute approximate surface area is 149 Å². The number of aromatic nitrogens is 2. The van der Waals surface area contributed by atoms with Crippen LogP contribution in [0, 0.1) is 0 Å². The van der Waals surface area contributed by atoms with Crippen molar-refractivity contribution in [3.8, 4) is 0 Å². The number of anilines is 1. The molecule has 2 aromatic heterocycles. The summed E-state index contributed by atoms with van der Waals surface area (Å²) >= 11 is 3.31. The first-order chi connectivity index (χ1) is 11.8. The van der Waals surface area contributed by atoms with Crippen LogP contribution in [0.2, 0.25) is 0 Å². The van der Waals surface area contributed by atoms with Gasteiger partial charge in [-0.05, 0) is 23.8 Å². The molecule has 1 aliphatic rings. The van der Waals surface area contributed by atoms with Gasteiger partial charge in [-0.15, -0.1) is 11.3 Å². The lowest BCUT2D eigenvalue weighted by Crippen LogP contribution is -2.29. The minimum atomic E-state index is 0.748. The first-order valence-electron chi connectivity index (χ1n) is 7.87. The number of hydrazine groups is 1. The van der Waals surface area contributed by atoms with Crippen molar-refractivity contribution in [2.75, 3.05) is 18.2 Å². The van der Waals surface area contributed by atoms with Crippen LogP contribution >= 0.6 is 23.1 Å². The Bertz CT molecular complexity index is 862. The van der Waals surface area contributed by atoms with Gasteiger partial charge in [0.05, 0.1) is 5.39 Å². The van der Waals surface area contributed by atoms with Crippen molar-refractivity contribution in [2.24, 2.45) is 5.84 Å². The minimum Gasteiger partial charge on any atom is -0.308 e. The average Bonchev–Trinajstić information content (AvgIpc) is 2.99. The molecule has 0 amide bonds. The van der Waals surface area contributed by atoms with E-state index in [0.29, 0.717) is 0 Å². The SMILES string of the molecule is CSc1nc(NN)c2c3c(sc2n1)CN(Cc1ccccc1)CC3. The average molecular weight is 358 g/mol. The highest BCUT2D eigenvalue weighted by molar-refractivity contribution is 7.98. The van der Waals surface area contributed by atoms with Gasteiger partial charge in [0, 0.05) is 24.5 Å². The molecule has 0 saturated heterocycles. The second kappa shape index (κ2) is 6.68. The predicted octanol–water partition coefficient (Wildman–Crippen LogP) is 3.26. The van der Waals surface area contributed by atoms with Gasteiger partial charge in [0.25, 0.3) is 0 Å². The van der Waals surface area contributed by atoms with E-state index in [-0.39, 0.29) is 0 Å². The fourth-order valence-electron chi connectivity index (χ4n) is 3.20. The second-order valence-corrected chi connectivity index (χ2v) is 7.69. The van der Waals surface area contributed by atoms with Gasteiger partial charge < -0.3 is 5.43 Å². The minimum absolute atomic E-state index is 0.748. The molecule has 1 aromatic carbocycles. The van der Waals surface area contributed by atoms with Gasteiger partial charge in [-0.3, -0.25) is 4.90 Å². The highest BCUT2D eigenvalue weighted by Crippen LogP contribution is 2.38. The molecule has 0 radical (unpaired) electrons. The summed E-state index contributed by atoms with van der Waals surface area (Å²) in [6.07, 6.45) is 3.00. The van der Waals surface area contributed by atoms with E-state index in [0.717, 1.165) is 47.2 Å². The highest BCUT2D eigenvalue weighted by Gasteiger charge is 2.24. The van der Waals surface area contributed by atoms with Gasteiger partial charge in [0.1, 0.15) is 4.83 Å². The summed E-state index contributed by atoms with van der Waals surface area (Å²) in [6, 6.07) is 10.6. The molecule has 0 aliphatic carbocycles. The monoisotopic (exact) mass is 357 g/mol. The number of nitrogen functional groups attached to an aromatic ring is 1. The van der Waals surface area contributed by atoms with Crippen molar-refractivity contribution in [2.45, 2.75) is 24.7 Å². The Kier molecular flexibility index (Phi) is 4.41. The van der Waals surface area contributed by atoms with Crippen molar-refractivity contribution < 1.29 is 0 Å². The third kappa shape index (κ3) is 2.88. The summed E-state index contributed by atoms with van der Waals surface area (Å²) in [5.41, 5.74) is 5.48. The zero-order valence-corrected chi connectivity index (χ0v) is 15.1. The maximum atomic E-state index is 5.71. The quantitative estimate of drug-likeness (QED) is 0.323. The van der Waals surface area contributed by atoms with Crippen molar-refractivity contribution in [1.82, 2.24) is 14.9 Å². The number of thioether (sulfide) groups is 1. The molecule has 3 aromatic rings. The summed E-state index contributed by atoms with van der Waals surface area (Å²) < 4.78 is 0. The fourth-order valence-corrected chi connectivity index (χ4v) is 4.89. The molecule has 1 aliphatic heterocycles. The van der Waals surface area contributed by atoms with Crippen LogP contribution in [0.4, 0.5) is 5.82 Å². The Balaban J connectivity index is 1.66. The Hall–Kier alpha value is -1.67. The smallest absolute Gasteiger partial charge is 0.190 e. The number of hydrogen-bond acceptors (Lipinski definition) is 7.